The van der Waals surface area contributed by atoms with Crippen LogP contribution in [0.15, 0.2) is 182 Å². The van der Waals surface area contributed by atoms with E-state index in [1.54, 1.807) is 0 Å². The molecule has 0 spiro atoms. The zero-order valence-electron chi connectivity index (χ0n) is 44.4. The molecule has 10 rings (SSSR count). The number of nitrogens with zero attached hydrogens (tertiary/aromatic N) is 4. The molecule has 0 atom stereocenters. The first kappa shape index (κ1) is 48.3. The van der Waals surface area contributed by atoms with Gasteiger partial charge in [0.05, 0.1) is 23.4 Å². The molecule has 0 saturated heterocycles. The van der Waals surface area contributed by atoms with Crippen molar-refractivity contribution in [2.75, 3.05) is 16.5 Å². The molecule has 0 saturated carbocycles. The monoisotopic (exact) mass is 947 g/mol. The summed E-state index contributed by atoms with van der Waals surface area (Å²) >= 11 is 0. The highest BCUT2D eigenvalue weighted by Crippen LogP contribution is 2.45. The fourth-order valence-corrected chi connectivity index (χ4v) is 10.5. The number of hydrogen-bond acceptors (Lipinski definition) is 4. The highest BCUT2D eigenvalue weighted by Gasteiger charge is 2.31. The first-order chi connectivity index (χ1) is 34.3. The van der Waals surface area contributed by atoms with Gasteiger partial charge in [-0.1, -0.05) is 180 Å². The summed E-state index contributed by atoms with van der Waals surface area (Å²) in [6.45, 7) is 28.2. The summed E-state index contributed by atoms with van der Waals surface area (Å²) in [5.41, 5.74) is 16.9. The third-order valence-electron chi connectivity index (χ3n) is 14.9. The Kier molecular flexibility index (Phi) is 12.5. The summed E-state index contributed by atoms with van der Waals surface area (Å²) in [6.07, 6.45) is 4.31. The van der Waals surface area contributed by atoms with Crippen molar-refractivity contribution >= 4 is 38.9 Å². The van der Waals surface area contributed by atoms with Crippen LogP contribution in [0.25, 0.3) is 44.4 Å². The van der Waals surface area contributed by atoms with Crippen molar-refractivity contribution in [1.29, 1.82) is 0 Å². The number of pyridine rings is 1. The molecule has 5 heteroatoms. The molecule has 9 aromatic rings. The topological polar surface area (TPSA) is 33.5 Å². The second-order valence-electron chi connectivity index (χ2n) is 23.0. The van der Waals surface area contributed by atoms with E-state index in [-0.39, 0.29) is 16.2 Å². The number of aromatic nitrogens is 2. The smallest absolute Gasteiger partial charge is 0.137 e. The molecule has 0 fully saturated rings. The van der Waals surface area contributed by atoms with Crippen LogP contribution < -0.4 is 14.5 Å². The zero-order valence-corrected chi connectivity index (χ0v) is 44.4. The van der Waals surface area contributed by atoms with Crippen LogP contribution in [0.1, 0.15) is 134 Å². The van der Waals surface area contributed by atoms with Crippen LogP contribution in [0, 0.1) is 0 Å². The number of benzene rings is 7. The third kappa shape index (κ3) is 9.22. The Balaban J connectivity index is 1.07. The highest BCUT2D eigenvalue weighted by molar-refractivity contribution is 6.10. The van der Waals surface area contributed by atoms with Crippen LogP contribution >= 0.6 is 0 Å². The average molecular weight is 947 g/mol. The zero-order chi connectivity index (χ0) is 50.7. The van der Waals surface area contributed by atoms with Gasteiger partial charge in [0.1, 0.15) is 17.3 Å². The van der Waals surface area contributed by atoms with Gasteiger partial charge in [0.2, 0.25) is 0 Å². The van der Waals surface area contributed by atoms with Gasteiger partial charge in [-0.25, -0.2) is 4.98 Å². The number of rotatable bonds is 11. The Morgan fingerprint density at radius 3 is 1.83 bits per heavy atom. The molecule has 0 bridgehead atoms. The van der Waals surface area contributed by atoms with Gasteiger partial charge in [-0.15, -0.1) is 0 Å². The van der Waals surface area contributed by atoms with Crippen LogP contribution in [0.5, 0.6) is 11.5 Å². The van der Waals surface area contributed by atoms with E-state index < -0.39 is 0 Å². The molecule has 0 aliphatic carbocycles. The van der Waals surface area contributed by atoms with E-state index in [9.17, 15) is 0 Å². The van der Waals surface area contributed by atoms with Crippen LogP contribution in [0.3, 0.4) is 0 Å². The van der Waals surface area contributed by atoms with Crippen molar-refractivity contribution in [3.05, 3.63) is 221 Å². The average Bonchev–Trinajstić information content (AvgIpc) is 3.96. The van der Waals surface area contributed by atoms with Crippen molar-refractivity contribution in [3.8, 4) is 28.4 Å². The van der Waals surface area contributed by atoms with Crippen molar-refractivity contribution in [3.63, 3.8) is 0 Å². The van der Waals surface area contributed by atoms with Crippen LogP contribution in [-0.4, -0.2) is 16.2 Å². The maximum absolute atomic E-state index is 6.93. The Hall–Kier alpha value is -7.37. The maximum Gasteiger partial charge on any atom is 0.137 e. The predicted molar refractivity (Wildman–Crippen MR) is 305 cm³/mol. The molecule has 2 aromatic heterocycles. The minimum absolute atomic E-state index is 0.0406. The molecular formula is C67H70N4O. The summed E-state index contributed by atoms with van der Waals surface area (Å²) in [7, 11) is 0. The fourth-order valence-electron chi connectivity index (χ4n) is 10.5. The first-order valence-corrected chi connectivity index (χ1v) is 25.8. The third-order valence-corrected chi connectivity index (χ3v) is 14.9. The van der Waals surface area contributed by atoms with Gasteiger partial charge in [0, 0.05) is 57.7 Å². The fraction of sp³-hybridized carbons (Fsp3) is 0.269. The van der Waals surface area contributed by atoms with E-state index in [0.717, 1.165) is 39.4 Å². The van der Waals surface area contributed by atoms with E-state index in [1.165, 1.54) is 66.8 Å². The van der Waals surface area contributed by atoms with Crippen molar-refractivity contribution in [2.24, 2.45) is 0 Å². The van der Waals surface area contributed by atoms with Gasteiger partial charge in [-0.2, -0.15) is 0 Å². The molecule has 0 radical (unpaired) electrons. The Morgan fingerprint density at radius 1 is 0.486 bits per heavy atom. The lowest BCUT2D eigenvalue weighted by molar-refractivity contribution is 0.483. The van der Waals surface area contributed by atoms with Gasteiger partial charge in [0.25, 0.3) is 0 Å². The van der Waals surface area contributed by atoms with Gasteiger partial charge >= 0.3 is 0 Å². The number of hydrogen-bond donors (Lipinski definition) is 0. The first-order valence-electron chi connectivity index (χ1n) is 25.8. The lowest BCUT2D eigenvalue weighted by Crippen LogP contribution is -2.27. The second kappa shape index (κ2) is 18.7. The molecule has 0 unspecified atom stereocenters. The molecule has 5 nitrogen and oxygen atoms in total. The Bertz CT molecular complexity index is 3450. The van der Waals surface area contributed by atoms with E-state index in [4.69, 9.17) is 9.72 Å². The summed E-state index contributed by atoms with van der Waals surface area (Å²) in [4.78, 5) is 9.93. The van der Waals surface area contributed by atoms with Crippen molar-refractivity contribution in [1.82, 2.24) is 9.55 Å². The second-order valence-corrected chi connectivity index (χ2v) is 23.0. The minimum Gasteiger partial charge on any atom is -0.457 e. The molecule has 0 N–H and O–H groups in total. The number of fused-ring (bicyclic) bond motifs is 3. The minimum atomic E-state index is -0.194. The summed E-state index contributed by atoms with van der Waals surface area (Å²) in [6, 6.07) is 62.0. The Labute approximate surface area is 428 Å². The molecule has 0 amide bonds. The predicted octanol–water partition coefficient (Wildman–Crippen LogP) is 18.1. The Morgan fingerprint density at radius 2 is 1.15 bits per heavy atom. The van der Waals surface area contributed by atoms with Gasteiger partial charge in [-0.3, -0.25) is 4.57 Å². The maximum atomic E-state index is 6.93. The van der Waals surface area contributed by atoms with Gasteiger partial charge in [0.15, 0.2) is 0 Å². The molecule has 364 valence electrons. The molecule has 3 heterocycles. The summed E-state index contributed by atoms with van der Waals surface area (Å²) in [5, 5.41) is 2.34. The normalized spacial score (nSPS) is 13.5. The van der Waals surface area contributed by atoms with Gasteiger partial charge < -0.3 is 14.5 Å². The summed E-state index contributed by atoms with van der Waals surface area (Å²) < 4.78 is 9.25. The van der Waals surface area contributed by atoms with E-state index >= 15 is 0 Å². The quantitative estimate of drug-likeness (QED) is 0.129. The molecule has 72 heavy (non-hydrogen) atoms. The van der Waals surface area contributed by atoms with Crippen LogP contribution in [0.4, 0.5) is 11.4 Å². The molecular weight excluding hydrogens is 877 g/mol. The lowest BCUT2D eigenvalue weighted by atomic mass is 9.78. The number of ether oxygens (including phenoxy) is 1. The van der Waals surface area contributed by atoms with E-state index in [1.807, 2.05) is 6.20 Å². The van der Waals surface area contributed by atoms with Crippen molar-refractivity contribution < 1.29 is 4.74 Å². The standard InChI is InChI=1S/C67H70N4O/c1-44(2)56-27-20-28-57(45(3)4)64(56)62-42-69(43-70(62)53-36-47(46-21-15-13-16-22-46)35-51(37-53)66(8,9)10)52-25-19-26-54(40-52)72-55-30-31-58-59-38-50(67(11,12)48-23-17-14-18-24-48)29-32-60(59)71(61(58)41-55)63-39-49(33-34-68-63)65(5,6)7/h13-42,44-45H,43H2,1-12H3. The van der Waals surface area contributed by atoms with E-state index in [0.29, 0.717) is 18.5 Å². The lowest BCUT2D eigenvalue weighted by Gasteiger charge is -2.30. The van der Waals surface area contributed by atoms with Crippen molar-refractivity contribution in [2.45, 2.75) is 111 Å². The summed E-state index contributed by atoms with van der Waals surface area (Å²) in [5.74, 6) is 3.10. The van der Waals surface area contributed by atoms with Gasteiger partial charge in [-0.05, 0) is 128 Å². The van der Waals surface area contributed by atoms with E-state index in [2.05, 4.69) is 274 Å². The highest BCUT2D eigenvalue weighted by atomic mass is 16.5. The van der Waals surface area contributed by atoms with Crippen LogP contribution in [0.2, 0.25) is 0 Å². The molecule has 1 aliphatic heterocycles. The van der Waals surface area contributed by atoms with Crippen LogP contribution in [-0.2, 0) is 16.2 Å². The SMILES string of the molecule is CC(C)c1cccc(C(C)C)c1C1=CN(c2cccc(Oc3ccc4c5cc(C(C)(C)c6ccccc6)ccc5n(-c5cc(C(C)(C)C)ccn5)c4c3)c2)CN1c1cc(-c2ccccc2)cc(C(C)(C)C)c1. The molecule has 7 aromatic carbocycles. The molecule has 1 aliphatic rings. The largest absolute Gasteiger partial charge is 0.457 e. The number of anilines is 2.